The van der Waals surface area contributed by atoms with Crippen LogP contribution in [0.25, 0.3) is 0 Å². The van der Waals surface area contributed by atoms with Gasteiger partial charge in [-0.25, -0.2) is 4.57 Å². The fraction of sp³-hybridized carbons (Fsp3) is 0.532. The molecule has 414 valence electrons. The minimum absolute atomic E-state index is 0.0405. The van der Waals surface area contributed by atoms with E-state index in [1.165, 1.54) is 0 Å². The van der Waals surface area contributed by atoms with Gasteiger partial charge in [-0.15, -0.1) is 0 Å². The molecule has 3 unspecified atom stereocenters. The highest BCUT2D eigenvalue weighted by atomic mass is 31.2. The molecule has 0 aliphatic carbocycles. The molecule has 0 heterocycles. The van der Waals surface area contributed by atoms with Gasteiger partial charge in [0, 0.05) is 19.3 Å². The Morgan fingerprint density at radius 3 is 1.12 bits per heavy atom. The SMILES string of the molecule is CC/C=C\C/C=C\C/C=C\C/C=C\C/C=C\CCCC(=O)OC(COC(=O)CCCCCC/C=C\C/C=C\C/C=C\C/C=C\CC)COP(=O)(O)OCC(CO)OC(=O)CC/C=C\C/C=C\C/C=C\C/C=C\CC. The summed E-state index contributed by atoms with van der Waals surface area (Å²) in [6.07, 6.45) is 70.9. The predicted molar refractivity (Wildman–Crippen MR) is 306 cm³/mol. The molecule has 12 heteroatoms. The van der Waals surface area contributed by atoms with E-state index in [9.17, 15) is 28.9 Å². The van der Waals surface area contributed by atoms with Crippen molar-refractivity contribution in [3.05, 3.63) is 158 Å². The quantitative estimate of drug-likeness (QED) is 0.0197. The molecule has 0 spiro atoms. The maximum Gasteiger partial charge on any atom is 0.472 e. The van der Waals surface area contributed by atoms with Crippen molar-refractivity contribution in [2.75, 3.05) is 26.4 Å². The third-order valence-electron chi connectivity index (χ3n) is 10.4. The first-order chi connectivity index (χ1) is 36.2. The summed E-state index contributed by atoms with van der Waals surface area (Å²) < 4.78 is 39.3. The number of unbranched alkanes of at least 4 members (excludes halogenated alkanes) is 5. The molecule has 0 aliphatic heterocycles. The first-order valence-electron chi connectivity index (χ1n) is 27.4. The highest BCUT2D eigenvalue weighted by molar-refractivity contribution is 7.47. The summed E-state index contributed by atoms with van der Waals surface area (Å²) in [5.74, 6) is -1.68. The van der Waals surface area contributed by atoms with Crippen molar-refractivity contribution in [2.45, 2.75) is 187 Å². The second-order valence-corrected chi connectivity index (χ2v) is 18.7. The molecule has 0 rings (SSSR count). The van der Waals surface area contributed by atoms with E-state index in [2.05, 4.69) is 148 Å². The number of hydrogen-bond donors (Lipinski definition) is 2. The first-order valence-corrected chi connectivity index (χ1v) is 28.9. The second kappa shape index (κ2) is 54.4. The number of hydrogen-bond acceptors (Lipinski definition) is 10. The molecule has 0 aromatic heterocycles. The lowest BCUT2D eigenvalue weighted by Gasteiger charge is -2.21. The standard InChI is InChI=1S/C62H95O11P/c1-4-7-10-13-16-19-22-25-27-29-31-34-36-39-42-45-48-51-60(64)69-55-59(73-62(66)53-50-47-44-41-38-35-32-30-28-26-23-20-17-14-11-8-5-2)57-71-74(67,68)70-56-58(54-63)72-61(65)52-49-46-43-40-37-33-24-21-18-15-12-9-6-3/h7-12,16-21,25-28,31-35,37,41,43-44,46,58-59,63H,4-6,13-15,22-24,29-30,36,38-40,42,45,47-57H2,1-3H3,(H,67,68)/b10-7-,11-8-,12-9-,19-16-,20-17-,21-18-,27-25-,28-26-,34-31-,35-32-,37-33-,44-41-,46-43-. The van der Waals surface area contributed by atoms with Crippen LogP contribution in [0, 0.1) is 0 Å². The molecular weight excluding hydrogens is 952 g/mol. The van der Waals surface area contributed by atoms with Gasteiger partial charge in [0.15, 0.2) is 6.10 Å². The lowest BCUT2D eigenvalue weighted by Crippen LogP contribution is -2.30. The summed E-state index contributed by atoms with van der Waals surface area (Å²) in [6, 6.07) is 0. The van der Waals surface area contributed by atoms with Crippen LogP contribution in [-0.2, 0) is 42.2 Å². The van der Waals surface area contributed by atoms with E-state index in [4.69, 9.17) is 23.3 Å². The van der Waals surface area contributed by atoms with E-state index < -0.39 is 57.8 Å². The van der Waals surface area contributed by atoms with Gasteiger partial charge < -0.3 is 24.2 Å². The van der Waals surface area contributed by atoms with Crippen LogP contribution in [0.5, 0.6) is 0 Å². The molecule has 0 aliphatic rings. The fourth-order valence-electron chi connectivity index (χ4n) is 6.39. The fourth-order valence-corrected chi connectivity index (χ4v) is 7.18. The van der Waals surface area contributed by atoms with Crippen LogP contribution in [0.1, 0.15) is 175 Å². The Balaban J connectivity index is 4.96. The average Bonchev–Trinajstić information content (AvgIpc) is 3.39. The van der Waals surface area contributed by atoms with Crippen LogP contribution in [0.15, 0.2) is 158 Å². The van der Waals surface area contributed by atoms with E-state index in [-0.39, 0.29) is 25.9 Å². The van der Waals surface area contributed by atoms with E-state index in [1.807, 2.05) is 30.4 Å². The first kappa shape index (κ1) is 69.1. The van der Waals surface area contributed by atoms with Crippen molar-refractivity contribution in [1.29, 1.82) is 0 Å². The van der Waals surface area contributed by atoms with Gasteiger partial charge in [-0.1, -0.05) is 192 Å². The molecule has 0 saturated carbocycles. The Bertz CT molecular complexity index is 1840. The predicted octanol–water partition coefficient (Wildman–Crippen LogP) is 16.1. The molecular formula is C62H95O11P. The molecule has 0 radical (unpaired) electrons. The molecule has 0 fully saturated rings. The van der Waals surface area contributed by atoms with Crippen molar-refractivity contribution < 1.29 is 52.2 Å². The number of aliphatic hydroxyl groups excluding tert-OH is 1. The summed E-state index contributed by atoms with van der Waals surface area (Å²) in [5, 5.41) is 9.78. The van der Waals surface area contributed by atoms with Gasteiger partial charge >= 0.3 is 25.7 Å². The third kappa shape index (κ3) is 52.0. The van der Waals surface area contributed by atoms with E-state index in [0.717, 1.165) is 109 Å². The molecule has 74 heavy (non-hydrogen) atoms. The summed E-state index contributed by atoms with van der Waals surface area (Å²) in [7, 11) is -4.80. The average molecular weight is 1050 g/mol. The normalized spacial score (nSPS) is 14.6. The van der Waals surface area contributed by atoms with Crippen molar-refractivity contribution in [2.24, 2.45) is 0 Å². The smallest absolute Gasteiger partial charge is 0.462 e. The molecule has 0 aromatic rings. The maximum absolute atomic E-state index is 12.9. The summed E-state index contributed by atoms with van der Waals surface area (Å²) in [5.41, 5.74) is 0. The Labute approximate surface area is 447 Å². The van der Waals surface area contributed by atoms with Crippen molar-refractivity contribution in [3.63, 3.8) is 0 Å². The lowest BCUT2D eigenvalue weighted by atomic mass is 10.1. The van der Waals surface area contributed by atoms with Gasteiger partial charge in [-0.3, -0.25) is 23.4 Å². The highest BCUT2D eigenvalue weighted by Gasteiger charge is 2.28. The zero-order chi connectivity index (χ0) is 54.1. The van der Waals surface area contributed by atoms with Crippen molar-refractivity contribution in [3.8, 4) is 0 Å². The van der Waals surface area contributed by atoms with Gasteiger partial charge in [-0.05, 0) is 122 Å². The number of carbonyl (C=O) groups excluding carboxylic acids is 3. The molecule has 0 aromatic carbocycles. The molecule has 0 saturated heterocycles. The lowest BCUT2D eigenvalue weighted by molar-refractivity contribution is -0.161. The second-order valence-electron chi connectivity index (χ2n) is 17.2. The van der Waals surface area contributed by atoms with Gasteiger partial charge in [0.2, 0.25) is 0 Å². The molecule has 0 bridgehead atoms. The van der Waals surface area contributed by atoms with Crippen molar-refractivity contribution in [1.82, 2.24) is 0 Å². The molecule has 0 amide bonds. The third-order valence-corrected chi connectivity index (χ3v) is 11.4. The number of aliphatic hydroxyl groups is 1. The number of phosphoric acid groups is 1. The minimum atomic E-state index is -4.80. The van der Waals surface area contributed by atoms with Crippen molar-refractivity contribution >= 4 is 25.7 Å². The van der Waals surface area contributed by atoms with Crippen LogP contribution in [0.3, 0.4) is 0 Å². The molecule has 3 atom stereocenters. The van der Waals surface area contributed by atoms with Crippen LogP contribution >= 0.6 is 7.82 Å². The molecule has 2 N–H and O–H groups in total. The molecule has 11 nitrogen and oxygen atoms in total. The zero-order valence-corrected chi connectivity index (χ0v) is 46.4. The monoisotopic (exact) mass is 1050 g/mol. The number of allylic oxidation sites excluding steroid dienone is 26. The van der Waals surface area contributed by atoms with Gasteiger partial charge in [0.1, 0.15) is 12.7 Å². The number of rotatable bonds is 48. The summed E-state index contributed by atoms with van der Waals surface area (Å²) >= 11 is 0. The van der Waals surface area contributed by atoms with E-state index in [1.54, 1.807) is 0 Å². The zero-order valence-electron chi connectivity index (χ0n) is 45.5. The summed E-state index contributed by atoms with van der Waals surface area (Å²) in [4.78, 5) is 48.4. The van der Waals surface area contributed by atoms with E-state index >= 15 is 0 Å². The Hall–Kier alpha value is -4.90. The summed E-state index contributed by atoms with van der Waals surface area (Å²) in [6.45, 7) is 4.08. The topological polar surface area (TPSA) is 155 Å². The Morgan fingerprint density at radius 2 is 0.703 bits per heavy atom. The Kier molecular flexibility index (Phi) is 50.8. The largest absolute Gasteiger partial charge is 0.472 e. The highest BCUT2D eigenvalue weighted by Crippen LogP contribution is 2.43. The van der Waals surface area contributed by atoms with Crippen LogP contribution in [-0.4, -0.2) is 66.5 Å². The Morgan fingerprint density at radius 1 is 0.378 bits per heavy atom. The van der Waals surface area contributed by atoms with Gasteiger partial charge in [0.05, 0.1) is 19.8 Å². The van der Waals surface area contributed by atoms with Gasteiger partial charge in [0.25, 0.3) is 0 Å². The maximum atomic E-state index is 12.9. The minimum Gasteiger partial charge on any atom is -0.462 e. The number of carbonyl (C=O) groups is 3. The van der Waals surface area contributed by atoms with E-state index in [0.29, 0.717) is 25.7 Å². The van der Waals surface area contributed by atoms with Crippen LogP contribution < -0.4 is 0 Å². The number of esters is 3. The number of ether oxygens (including phenoxy) is 3. The van der Waals surface area contributed by atoms with Crippen LogP contribution in [0.4, 0.5) is 0 Å². The number of phosphoric ester groups is 1. The van der Waals surface area contributed by atoms with Crippen LogP contribution in [0.2, 0.25) is 0 Å². The van der Waals surface area contributed by atoms with Gasteiger partial charge in [-0.2, -0.15) is 0 Å².